The van der Waals surface area contributed by atoms with Crippen molar-refractivity contribution in [1.82, 2.24) is 24.6 Å². The molecule has 1 fully saturated rings. The Morgan fingerprint density at radius 1 is 0.970 bits per heavy atom. The number of nitrogens with zero attached hydrogens (tertiary/aromatic N) is 6. The Balaban J connectivity index is 1.36. The number of nitrogens with one attached hydrogen (secondary N) is 1. The fraction of sp³-hybridized carbons (Fsp3) is 0.280. The summed E-state index contributed by atoms with van der Waals surface area (Å²) >= 11 is 0. The number of hydrogen-bond donors (Lipinski definition) is 1. The lowest BCUT2D eigenvalue weighted by atomic mass is 10.0. The summed E-state index contributed by atoms with van der Waals surface area (Å²) in [5, 5.41) is 8.38. The van der Waals surface area contributed by atoms with Gasteiger partial charge in [-0.1, -0.05) is 48.0 Å². The quantitative estimate of drug-likeness (QED) is 0.513. The highest BCUT2D eigenvalue weighted by atomic mass is 16.2. The first-order valence-corrected chi connectivity index (χ1v) is 11.1. The van der Waals surface area contributed by atoms with Gasteiger partial charge in [0.1, 0.15) is 18.2 Å². The topological polar surface area (TPSA) is 79.2 Å². The van der Waals surface area contributed by atoms with Crippen LogP contribution in [-0.4, -0.2) is 56.7 Å². The van der Waals surface area contributed by atoms with E-state index < -0.39 is 0 Å². The summed E-state index contributed by atoms with van der Waals surface area (Å²) in [4.78, 5) is 26.8. The van der Waals surface area contributed by atoms with E-state index in [0.717, 1.165) is 59.8 Å². The highest BCUT2D eigenvalue weighted by Gasteiger charge is 2.31. The predicted octanol–water partition coefficient (Wildman–Crippen LogP) is 3.17. The summed E-state index contributed by atoms with van der Waals surface area (Å²) in [6.45, 7) is 5.05. The van der Waals surface area contributed by atoms with Gasteiger partial charge in [0.05, 0.1) is 11.6 Å². The van der Waals surface area contributed by atoms with E-state index in [-0.39, 0.29) is 11.9 Å². The fourth-order valence-corrected chi connectivity index (χ4v) is 4.40. The monoisotopic (exact) mass is 441 g/mol. The minimum Gasteiger partial charge on any atom is -0.353 e. The van der Waals surface area contributed by atoms with Gasteiger partial charge < -0.3 is 10.2 Å². The summed E-state index contributed by atoms with van der Waals surface area (Å²) < 4.78 is 1.76. The molecule has 33 heavy (non-hydrogen) atoms. The van der Waals surface area contributed by atoms with E-state index >= 15 is 0 Å². The van der Waals surface area contributed by atoms with E-state index in [0.29, 0.717) is 0 Å². The second-order valence-electron chi connectivity index (χ2n) is 8.39. The average molecular weight is 442 g/mol. The molecule has 1 N–H and O–H groups in total. The van der Waals surface area contributed by atoms with Crippen LogP contribution in [0, 0.1) is 6.92 Å². The number of fused-ring (bicyclic) bond motifs is 1. The number of amides is 1. The first kappa shape index (κ1) is 21.1. The van der Waals surface area contributed by atoms with E-state index in [2.05, 4.69) is 30.2 Å². The zero-order chi connectivity index (χ0) is 22.8. The van der Waals surface area contributed by atoms with Gasteiger partial charge in [0.15, 0.2) is 5.65 Å². The zero-order valence-corrected chi connectivity index (χ0v) is 18.8. The van der Waals surface area contributed by atoms with Gasteiger partial charge in [0, 0.05) is 38.9 Å². The molecule has 3 heterocycles. The van der Waals surface area contributed by atoms with Gasteiger partial charge in [0.25, 0.3) is 0 Å². The van der Waals surface area contributed by atoms with Crippen molar-refractivity contribution >= 4 is 28.4 Å². The highest BCUT2D eigenvalue weighted by Crippen LogP contribution is 2.28. The van der Waals surface area contributed by atoms with Crippen LogP contribution < -0.4 is 10.2 Å². The predicted molar refractivity (Wildman–Crippen MR) is 129 cm³/mol. The van der Waals surface area contributed by atoms with Crippen LogP contribution in [0.25, 0.3) is 11.0 Å². The Labute approximate surface area is 192 Å². The van der Waals surface area contributed by atoms with Crippen molar-refractivity contribution < 1.29 is 4.79 Å². The third kappa shape index (κ3) is 4.29. The highest BCUT2D eigenvalue weighted by molar-refractivity contribution is 5.95. The molecule has 0 spiro atoms. The van der Waals surface area contributed by atoms with Crippen LogP contribution in [0.3, 0.4) is 0 Å². The summed E-state index contributed by atoms with van der Waals surface area (Å²) in [5.41, 5.74) is 3.79. The molecule has 0 saturated carbocycles. The van der Waals surface area contributed by atoms with Gasteiger partial charge in [-0.2, -0.15) is 5.10 Å². The third-order valence-corrected chi connectivity index (χ3v) is 6.17. The second-order valence-corrected chi connectivity index (χ2v) is 8.39. The molecule has 1 aliphatic rings. The van der Waals surface area contributed by atoms with Gasteiger partial charge in [-0.25, -0.2) is 9.97 Å². The number of carbonyl (C=O) groups is 1. The average Bonchev–Trinajstić information content (AvgIpc) is 3.23. The molecule has 1 atom stereocenters. The molecule has 1 aliphatic heterocycles. The van der Waals surface area contributed by atoms with E-state index in [4.69, 9.17) is 0 Å². The minimum absolute atomic E-state index is 0.0183. The molecule has 0 radical (unpaired) electrons. The molecule has 1 amide bonds. The van der Waals surface area contributed by atoms with Crippen LogP contribution in [0.2, 0.25) is 0 Å². The maximum Gasteiger partial charge on any atom is 0.246 e. The van der Waals surface area contributed by atoms with Crippen LogP contribution in [0.5, 0.6) is 0 Å². The van der Waals surface area contributed by atoms with Crippen LogP contribution in [-0.2, 0) is 11.8 Å². The van der Waals surface area contributed by atoms with E-state index in [9.17, 15) is 4.79 Å². The van der Waals surface area contributed by atoms with Crippen LogP contribution in [0.1, 0.15) is 17.2 Å². The largest absolute Gasteiger partial charge is 0.353 e. The number of aryl methyl sites for hydroxylation is 2. The van der Waals surface area contributed by atoms with Gasteiger partial charge in [-0.05, 0) is 24.6 Å². The number of carbonyl (C=O) groups excluding carboxylic acids is 1. The van der Waals surface area contributed by atoms with Crippen LogP contribution in [0.15, 0.2) is 67.1 Å². The zero-order valence-electron chi connectivity index (χ0n) is 18.8. The van der Waals surface area contributed by atoms with E-state index in [1.165, 1.54) is 0 Å². The lowest BCUT2D eigenvalue weighted by molar-refractivity contribution is -0.121. The molecule has 2 aromatic carbocycles. The number of benzene rings is 2. The molecule has 168 valence electrons. The van der Waals surface area contributed by atoms with Gasteiger partial charge >= 0.3 is 0 Å². The summed E-state index contributed by atoms with van der Waals surface area (Å²) in [6, 6.07) is 17.5. The maximum absolute atomic E-state index is 13.4. The van der Waals surface area contributed by atoms with Crippen molar-refractivity contribution in [1.29, 1.82) is 0 Å². The molecule has 0 aliphatic carbocycles. The van der Waals surface area contributed by atoms with Crippen LogP contribution in [0.4, 0.5) is 11.5 Å². The first-order chi connectivity index (χ1) is 16.1. The van der Waals surface area contributed by atoms with Crippen molar-refractivity contribution in [3.8, 4) is 0 Å². The van der Waals surface area contributed by atoms with Crippen molar-refractivity contribution in [3.63, 3.8) is 0 Å². The second kappa shape index (κ2) is 8.99. The maximum atomic E-state index is 13.4. The van der Waals surface area contributed by atoms with Crippen molar-refractivity contribution in [2.45, 2.75) is 13.0 Å². The number of piperazine rings is 1. The minimum atomic E-state index is -0.363. The molecule has 0 bridgehead atoms. The normalized spacial score (nSPS) is 15.5. The first-order valence-electron chi connectivity index (χ1n) is 11.1. The summed E-state index contributed by atoms with van der Waals surface area (Å²) in [7, 11) is 1.88. The van der Waals surface area contributed by atoms with Crippen LogP contribution >= 0.6 is 0 Å². The smallest absolute Gasteiger partial charge is 0.246 e. The Bertz CT molecular complexity index is 1240. The lowest BCUT2D eigenvalue weighted by Crippen LogP contribution is -2.50. The van der Waals surface area contributed by atoms with Crippen molar-refractivity contribution in [2.75, 3.05) is 36.4 Å². The number of anilines is 2. The van der Waals surface area contributed by atoms with Gasteiger partial charge in [0.2, 0.25) is 5.91 Å². The molecular weight excluding hydrogens is 414 g/mol. The summed E-state index contributed by atoms with van der Waals surface area (Å²) in [6.07, 6.45) is 3.41. The fourth-order valence-electron chi connectivity index (χ4n) is 4.40. The molecule has 2 aromatic heterocycles. The number of aromatic nitrogens is 4. The van der Waals surface area contributed by atoms with E-state index in [1.807, 2.05) is 74.8 Å². The Kier molecular flexibility index (Phi) is 5.75. The SMILES string of the molecule is Cc1ccc(NC(=O)C(c2ccccc2)N2CCN(c3ncnc4c3cnn4C)CC2)cc1. The Morgan fingerprint density at radius 2 is 1.70 bits per heavy atom. The number of rotatable bonds is 5. The van der Waals surface area contributed by atoms with Crippen molar-refractivity contribution in [3.05, 3.63) is 78.2 Å². The molecule has 8 heteroatoms. The molecule has 1 saturated heterocycles. The van der Waals surface area contributed by atoms with Crippen molar-refractivity contribution in [2.24, 2.45) is 7.05 Å². The lowest BCUT2D eigenvalue weighted by Gasteiger charge is -2.39. The molecule has 4 aromatic rings. The third-order valence-electron chi connectivity index (χ3n) is 6.17. The Hall–Kier alpha value is -3.78. The Morgan fingerprint density at radius 3 is 2.42 bits per heavy atom. The summed E-state index contributed by atoms with van der Waals surface area (Å²) in [5.74, 6) is 0.878. The standard InChI is InChI=1S/C25H27N7O/c1-18-8-10-20(11-9-18)29-25(33)22(19-6-4-3-5-7-19)31-12-14-32(15-13-31)24-21-16-28-30(2)23(21)26-17-27-24/h3-11,16-17,22H,12-15H2,1-2H3,(H,29,33). The molecule has 5 rings (SSSR count). The molecule has 8 nitrogen and oxygen atoms in total. The molecular formula is C25H27N7O. The number of hydrogen-bond acceptors (Lipinski definition) is 6. The molecule has 1 unspecified atom stereocenters. The van der Waals surface area contributed by atoms with E-state index in [1.54, 1.807) is 11.0 Å². The van der Waals surface area contributed by atoms with Gasteiger partial charge in [-0.15, -0.1) is 0 Å². The van der Waals surface area contributed by atoms with Gasteiger partial charge in [-0.3, -0.25) is 14.4 Å².